The Morgan fingerprint density at radius 3 is 2.56 bits per heavy atom. The van der Waals surface area contributed by atoms with Gasteiger partial charge in [-0.05, 0) is 78.3 Å². The number of fused-ring (bicyclic) bond motifs is 5. The molecule has 3 fully saturated rings. The van der Waals surface area contributed by atoms with Crippen LogP contribution in [0.25, 0.3) is 0 Å². The molecule has 0 spiro atoms. The molecule has 0 bridgehead atoms. The van der Waals surface area contributed by atoms with Crippen molar-refractivity contribution in [3.8, 4) is 0 Å². The van der Waals surface area contributed by atoms with Gasteiger partial charge in [-0.3, -0.25) is 9.59 Å². The van der Waals surface area contributed by atoms with Gasteiger partial charge in [0.25, 0.3) is 0 Å². The predicted octanol–water partition coefficient (Wildman–Crippen LogP) is 3.98. The third kappa shape index (κ3) is 2.49. The zero-order valence-corrected chi connectivity index (χ0v) is 16.3. The number of hydrogen-bond acceptors (Lipinski definition) is 3. The van der Waals surface area contributed by atoms with Gasteiger partial charge in [0.2, 0.25) is 5.78 Å². The fraction of sp³-hybridized carbons (Fsp3) is 0.773. The molecule has 4 aliphatic carbocycles. The van der Waals surface area contributed by atoms with Crippen LogP contribution in [0.3, 0.4) is 0 Å². The number of halogens is 1. The van der Waals surface area contributed by atoms with E-state index >= 15 is 4.39 Å². The van der Waals surface area contributed by atoms with E-state index in [9.17, 15) is 19.5 Å². The Kier molecular flexibility index (Phi) is 4.17. The number of carbonyl (C=O) groups is 3. The Morgan fingerprint density at radius 1 is 1.19 bits per heavy atom. The maximum atomic E-state index is 15.2. The van der Waals surface area contributed by atoms with Crippen molar-refractivity contribution in [3.63, 3.8) is 0 Å². The second kappa shape index (κ2) is 5.99. The molecular formula is C22H29FO4. The predicted molar refractivity (Wildman–Crippen MR) is 97.7 cm³/mol. The van der Waals surface area contributed by atoms with E-state index in [1.165, 1.54) is 0 Å². The first kappa shape index (κ1) is 18.8. The molecule has 0 aromatic rings. The SMILES string of the molecule is CC1C[C@H]2[C@@H]3CC(F)C4=CC(=O)CC[C@]4(C)[C@H]3CC[C@]2(C)[C@H]1C(=O)C(=O)O. The van der Waals surface area contributed by atoms with E-state index in [4.69, 9.17) is 0 Å². The normalized spacial score (nSPS) is 48.9. The molecule has 27 heavy (non-hydrogen) atoms. The van der Waals surface area contributed by atoms with Crippen molar-refractivity contribution in [2.24, 2.45) is 40.4 Å². The number of allylic oxidation sites excluding steroid dienone is 1. The molecule has 0 aromatic carbocycles. The largest absolute Gasteiger partial charge is 0.475 e. The lowest BCUT2D eigenvalue weighted by Gasteiger charge is -2.58. The van der Waals surface area contributed by atoms with Gasteiger partial charge in [-0.15, -0.1) is 0 Å². The number of carboxylic acid groups (broad SMARTS) is 1. The summed E-state index contributed by atoms with van der Waals surface area (Å²) < 4.78 is 15.2. The molecule has 3 saturated carbocycles. The lowest BCUT2D eigenvalue weighted by Crippen LogP contribution is -2.54. The fourth-order valence-electron chi connectivity index (χ4n) is 7.61. The number of carboxylic acids is 1. The summed E-state index contributed by atoms with van der Waals surface area (Å²) in [6, 6.07) is 0. The third-order valence-electron chi connectivity index (χ3n) is 8.77. The van der Waals surface area contributed by atoms with Crippen molar-refractivity contribution in [2.45, 2.75) is 65.5 Å². The first-order valence-electron chi connectivity index (χ1n) is 10.3. The summed E-state index contributed by atoms with van der Waals surface area (Å²) in [6.45, 7) is 6.16. The molecule has 4 aliphatic rings. The topological polar surface area (TPSA) is 71.4 Å². The third-order valence-corrected chi connectivity index (χ3v) is 8.77. The quantitative estimate of drug-likeness (QED) is 0.740. The molecule has 148 valence electrons. The van der Waals surface area contributed by atoms with Crippen LogP contribution in [0, 0.1) is 40.4 Å². The molecule has 0 aliphatic heterocycles. The zero-order valence-electron chi connectivity index (χ0n) is 16.3. The van der Waals surface area contributed by atoms with Gasteiger partial charge in [0, 0.05) is 12.3 Å². The molecule has 4 nitrogen and oxygen atoms in total. The number of hydrogen-bond donors (Lipinski definition) is 1. The summed E-state index contributed by atoms with van der Waals surface area (Å²) in [7, 11) is 0. The minimum absolute atomic E-state index is 0.0121. The smallest absolute Gasteiger partial charge is 0.372 e. The van der Waals surface area contributed by atoms with Crippen molar-refractivity contribution in [1.29, 1.82) is 0 Å². The van der Waals surface area contributed by atoms with Crippen LogP contribution in [0.2, 0.25) is 0 Å². The Hall–Kier alpha value is -1.52. The average molecular weight is 376 g/mol. The van der Waals surface area contributed by atoms with Gasteiger partial charge in [-0.25, -0.2) is 9.18 Å². The minimum Gasteiger partial charge on any atom is -0.475 e. The van der Waals surface area contributed by atoms with E-state index in [1.807, 2.05) is 6.92 Å². The van der Waals surface area contributed by atoms with E-state index in [-0.39, 0.29) is 34.4 Å². The average Bonchev–Trinajstić information content (AvgIpc) is 2.86. The Labute approximate surface area is 159 Å². The lowest BCUT2D eigenvalue weighted by molar-refractivity contribution is -0.155. The molecule has 5 heteroatoms. The highest BCUT2D eigenvalue weighted by molar-refractivity contribution is 6.33. The number of aliphatic carboxylic acids is 1. The van der Waals surface area contributed by atoms with E-state index in [0.717, 1.165) is 19.3 Å². The molecule has 0 heterocycles. The van der Waals surface area contributed by atoms with Gasteiger partial charge in [0.1, 0.15) is 6.17 Å². The summed E-state index contributed by atoms with van der Waals surface area (Å²) in [5.41, 5.74) is 0.0425. The second-order valence-corrected chi connectivity index (χ2v) is 9.97. The number of alkyl halides is 1. The summed E-state index contributed by atoms with van der Waals surface area (Å²) in [5, 5.41) is 9.31. The van der Waals surface area contributed by atoms with Gasteiger partial charge < -0.3 is 5.11 Å². The van der Waals surface area contributed by atoms with Gasteiger partial charge in [0.05, 0.1) is 0 Å². The van der Waals surface area contributed by atoms with Crippen molar-refractivity contribution in [2.75, 3.05) is 0 Å². The summed E-state index contributed by atoms with van der Waals surface area (Å²) in [4.78, 5) is 35.7. The molecule has 0 saturated heterocycles. The highest BCUT2D eigenvalue weighted by Crippen LogP contribution is 2.68. The summed E-state index contributed by atoms with van der Waals surface area (Å²) >= 11 is 0. The van der Waals surface area contributed by atoms with Crippen LogP contribution < -0.4 is 0 Å². The van der Waals surface area contributed by atoms with Crippen LogP contribution in [0.15, 0.2) is 11.6 Å². The van der Waals surface area contributed by atoms with E-state index < -0.39 is 23.8 Å². The van der Waals surface area contributed by atoms with Crippen LogP contribution in [0.4, 0.5) is 4.39 Å². The zero-order chi connectivity index (χ0) is 19.7. The Morgan fingerprint density at radius 2 is 1.89 bits per heavy atom. The molecular weight excluding hydrogens is 347 g/mol. The monoisotopic (exact) mass is 376 g/mol. The van der Waals surface area contributed by atoms with Crippen LogP contribution >= 0.6 is 0 Å². The first-order chi connectivity index (χ1) is 12.6. The molecule has 0 amide bonds. The molecule has 0 aromatic heterocycles. The van der Waals surface area contributed by atoms with Crippen LogP contribution in [-0.2, 0) is 14.4 Å². The number of ketones is 2. The van der Waals surface area contributed by atoms with E-state index in [2.05, 4.69) is 13.8 Å². The highest BCUT2D eigenvalue weighted by Gasteiger charge is 2.63. The van der Waals surface area contributed by atoms with Crippen molar-refractivity contribution in [1.82, 2.24) is 0 Å². The standard InChI is InChI=1S/C22H29FO4/c1-11-8-15-13-10-17(23)16-9-12(24)4-6-21(16,2)14(13)5-7-22(15,3)18(11)19(25)20(26)27/h9,11,13-15,17-18H,4-8,10H2,1-3H3,(H,26,27)/t11?,13-,14+,15+,17?,18-,21-,22+/m1/s1. The van der Waals surface area contributed by atoms with Crippen molar-refractivity contribution >= 4 is 17.5 Å². The summed E-state index contributed by atoms with van der Waals surface area (Å²) in [5.74, 6) is -1.80. The maximum Gasteiger partial charge on any atom is 0.372 e. The molecule has 1 N–H and O–H groups in total. The molecule has 0 radical (unpaired) electrons. The maximum absolute atomic E-state index is 15.2. The fourth-order valence-corrected chi connectivity index (χ4v) is 7.61. The van der Waals surface area contributed by atoms with Crippen LogP contribution in [0.5, 0.6) is 0 Å². The lowest BCUT2D eigenvalue weighted by atomic mass is 9.46. The van der Waals surface area contributed by atoms with Gasteiger partial charge in [-0.2, -0.15) is 0 Å². The highest BCUT2D eigenvalue weighted by atomic mass is 19.1. The summed E-state index contributed by atoms with van der Waals surface area (Å²) in [6.07, 6.45) is 4.52. The van der Waals surface area contributed by atoms with E-state index in [1.54, 1.807) is 6.08 Å². The van der Waals surface area contributed by atoms with E-state index in [0.29, 0.717) is 30.8 Å². The number of carbonyl (C=O) groups excluding carboxylic acids is 2. The minimum atomic E-state index is -1.34. The van der Waals surface area contributed by atoms with Crippen molar-refractivity contribution in [3.05, 3.63) is 11.6 Å². The second-order valence-electron chi connectivity index (χ2n) is 9.97. The van der Waals surface area contributed by atoms with Crippen LogP contribution in [0.1, 0.15) is 59.3 Å². The van der Waals surface area contributed by atoms with Crippen LogP contribution in [-0.4, -0.2) is 28.8 Å². The number of Topliss-reactive ketones (excluding diaryl/α,β-unsaturated/α-hetero) is 1. The molecule has 4 rings (SSSR count). The van der Waals surface area contributed by atoms with Gasteiger partial charge >= 0.3 is 5.97 Å². The first-order valence-corrected chi connectivity index (χ1v) is 10.3. The van der Waals surface area contributed by atoms with Gasteiger partial charge in [0.15, 0.2) is 5.78 Å². The molecule has 2 unspecified atom stereocenters. The van der Waals surface area contributed by atoms with Crippen molar-refractivity contribution < 1.29 is 23.9 Å². The Bertz CT molecular complexity index is 743. The number of rotatable bonds is 2. The van der Waals surface area contributed by atoms with Gasteiger partial charge in [-0.1, -0.05) is 20.8 Å². The Balaban J connectivity index is 1.71. The molecule has 8 atom stereocenters.